The molecule has 3 rings (SSSR count). The predicted octanol–water partition coefficient (Wildman–Crippen LogP) is 2.53. The van der Waals surface area contributed by atoms with Gasteiger partial charge in [0.1, 0.15) is 12.2 Å². The first-order valence-electron chi connectivity index (χ1n) is 12.1. The van der Waals surface area contributed by atoms with Crippen molar-refractivity contribution in [3.05, 3.63) is 12.2 Å². The number of anilines is 1. The molecule has 4 atom stereocenters. The van der Waals surface area contributed by atoms with Gasteiger partial charge in [-0.3, -0.25) is 4.79 Å². The van der Waals surface area contributed by atoms with E-state index in [0.717, 1.165) is 32.1 Å². The van der Waals surface area contributed by atoms with Gasteiger partial charge in [0.2, 0.25) is 11.7 Å². The van der Waals surface area contributed by atoms with E-state index in [4.69, 9.17) is 0 Å². The van der Waals surface area contributed by atoms with Crippen molar-refractivity contribution >= 4 is 22.9 Å². The molecule has 9 nitrogen and oxygen atoms in total. The van der Waals surface area contributed by atoms with Crippen molar-refractivity contribution in [1.29, 1.82) is 0 Å². The van der Waals surface area contributed by atoms with Crippen molar-refractivity contribution in [2.24, 2.45) is 0 Å². The minimum absolute atomic E-state index is 0.161. The molecule has 2 aromatic heterocycles. The first kappa shape index (κ1) is 24.9. The Morgan fingerprint density at radius 1 is 1.21 bits per heavy atom. The lowest BCUT2D eigenvalue weighted by atomic mass is 10.2. The molecule has 0 spiro atoms. The van der Waals surface area contributed by atoms with E-state index < -0.39 is 24.3 Å². The van der Waals surface area contributed by atoms with Crippen LogP contribution in [0.3, 0.4) is 0 Å². The second-order valence-corrected chi connectivity index (χ2v) is 8.59. The molecule has 1 saturated carbocycles. The van der Waals surface area contributed by atoms with Gasteiger partial charge < -0.3 is 25.4 Å². The Hall–Kier alpha value is -2.70. The summed E-state index contributed by atoms with van der Waals surface area (Å²) in [5, 5.41) is 27.6. The third kappa shape index (κ3) is 5.63. The average molecular weight is 457 g/mol. The normalized spacial score (nSPS) is 22.4. The molecule has 180 valence electrons. The molecule has 1 fully saturated rings. The molecule has 0 radical (unpaired) electrons. The highest BCUT2D eigenvalue weighted by molar-refractivity contribution is 5.83. The van der Waals surface area contributed by atoms with E-state index in [1.807, 2.05) is 0 Å². The number of nitrogens with zero attached hydrogens (tertiary/aromatic N) is 4. The molecule has 0 aromatic carbocycles. The number of aromatic nitrogens is 4. The van der Waals surface area contributed by atoms with Crippen LogP contribution in [0, 0.1) is 11.8 Å². The van der Waals surface area contributed by atoms with Gasteiger partial charge in [-0.15, -0.1) is 0 Å². The fourth-order valence-corrected chi connectivity index (χ4v) is 4.14. The number of carbonyl (C=O) groups excluding carboxylic acids is 1. The molecule has 0 aliphatic heterocycles. The lowest BCUT2D eigenvalue weighted by Crippen LogP contribution is -2.42. The average Bonchev–Trinajstić information content (AvgIpc) is 3.36. The van der Waals surface area contributed by atoms with Gasteiger partial charge in [0, 0.05) is 18.9 Å². The van der Waals surface area contributed by atoms with Crippen LogP contribution in [0.4, 0.5) is 5.82 Å². The molecule has 0 saturated heterocycles. The summed E-state index contributed by atoms with van der Waals surface area (Å²) in [7, 11) is 0. The number of imidazole rings is 1. The number of hydrogen-bond donors (Lipinski definition) is 4. The fraction of sp³-hybridized carbons (Fsp3) is 0.667. The monoisotopic (exact) mass is 456 g/mol. The van der Waals surface area contributed by atoms with E-state index in [2.05, 4.69) is 58.2 Å². The van der Waals surface area contributed by atoms with Crippen LogP contribution in [-0.2, 0) is 4.79 Å². The summed E-state index contributed by atoms with van der Waals surface area (Å²) in [4.78, 5) is 25.7. The van der Waals surface area contributed by atoms with Gasteiger partial charge in [0.05, 0.1) is 18.4 Å². The summed E-state index contributed by atoms with van der Waals surface area (Å²) in [6, 6.07) is -0.780. The van der Waals surface area contributed by atoms with Crippen molar-refractivity contribution < 1.29 is 15.0 Å². The van der Waals surface area contributed by atoms with E-state index in [0.29, 0.717) is 35.6 Å². The van der Waals surface area contributed by atoms with Crippen LogP contribution < -0.4 is 10.6 Å². The topological polar surface area (TPSA) is 125 Å². The SMILES string of the molecule is CCCCC#Cc1nc(NC(CC)CC)c2ncn(C3C[C@H](NC(=O)CC)[C@@H](O)[C@H]3O)c2n1. The lowest BCUT2D eigenvalue weighted by molar-refractivity contribution is -0.122. The molecular formula is C24H36N6O3. The maximum atomic E-state index is 11.9. The zero-order valence-corrected chi connectivity index (χ0v) is 20.0. The Bertz CT molecular complexity index is 1010. The van der Waals surface area contributed by atoms with E-state index in [-0.39, 0.29) is 11.9 Å². The fourth-order valence-electron chi connectivity index (χ4n) is 4.14. The summed E-state index contributed by atoms with van der Waals surface area (Å²) in [6.45, 7) is 8.11. The molecule has 1 aliphatic carbocycles. The minimum atomic E-state index is -1.07. The molecule has 9 heteroatoms. The first-order chi connectivity index (χ1) is 15.9. The van der Waals surface area contributed by atoms with Crippen molar-refractivity contribution in [1.82, 2.24) is 24.8 Å². The Labute approximate surface area is 195 Å². The Morgan fingerprint density at radius 3 is 2.64 bits per heavy atom. The molecular weight excluding hydrogens is 420 g/mol. The largest absolute Gasteiger partial charge is 0.388 e. The van der Waals surface area contributed by atoms with Gasteiger partial charge in [-0.25, -0.2) is 15.0 Å². The quantitative estimate of drug-likeness (QED) is 0.337. The van der Waals surface area contributed by atoms with Crippen molar-refractivity contribution in [3.63, 3.8) is 0 Å². The zero-order valence-electron chi connectivity index (χ0n) is 20.0. The maximum absolute atomic E-state index is 11.9. The lowest BCUT2D eigenvalue weighted by Gasteiger charge is -2.19. The van der Waals surface area contributed by atoms with Gasteiger partial charge in [-0.1, -0.05) is 40.0 Å². The number of carbonyl (C=O) groups is 1. The number of unbranched alkanes of at least 4 members (excludes halogenated alkanes) is 2. The zero-order chi connectivity index (χ0) is 24.0. The van der Waals surface area contributed by atoms with E-state index >= 15 is 0 Å². The number of hydrogen-bond acceptors (Lipinski definition) is 7. The molecule has 4 N–H and O–H groups in total. The number of aliphatic hydroxyl groups is 2. The van der Waals surface area contributed by atoms with Gasteiger partial charge in [-0.05, 0) is 31.6 Å². The number of fused-ring (bicyclic) bond motifs is 1. The number of rotatable bonds is 9. The third-order valence-corrected chi connectivity index (χ3v) is 6.28. The van der Waals surface area contributed by atoms with Gasteiger partial charge in [0.15, 0.2) is 17.0 Å². The third-order valence-electron chi connectivity index (χ3n) is 6.28. The molecule has 2 heterocycles. The van der Waals surface area contributed by atoms with Crippen LogP contribution in [0.5, 0.6) is 0 Å². The summed E-state index contributed by atoms with van der Waals surface area (Å²) in [6.07, 6.45) is 4.92. The van der Waals surface area contributed by atoms with E-state index in [1.54, 1.807) is 17.8 Å². The Morgan fingerprint density at radius 2 is 1.97 bits per heavy atom. The molecule has 1 unspecified atom stereocenters. The Balaban J connectivity index is 2.00. The van der Waals surface area contributed by atoms with E-state index in [9.17, 15) is 15.0 Å². The van der Waals surface area contributed by atoms with Crippen LogP contribution in [0.25, 0.3) is 11.2 Å². The number of aliphatic hydroxyl groups excluding tert-OH is 2. The van der Waals surface area contributed by atoms with Gasteiger partial charge in [0.25, 0.3) is 0 Å². The Kier molecular flexibility index (Phi) is 8.64. The van der Waals surface area contributed by atoms with Crippen molar-refractivity contribution in [2.75, 3.05) is 5.32 Å². The van der Waals surface area contributed by atoms with E-state index in [1.165, 1.54) is 0 Å². The minimum Gasteiger partial charge on any atom is -0.388 e. The highest BCUT2D eigenvalue weighted by Gasteiger charge is 2.43. The standard InChI is InChI=1S/C24H36N6O3/c1-5-9-10-11-12-18-28-23(26-15(6-2)7-3)20-24(29-18)30(14-25-20)17-13-16(21(32)22(17)33)27-19(31)8-4/h14-17,21-22,32-33H,5-10,13H2,1-4H3,(H,27,31)(H,26,28,29)/t16-,17?,21+,22-/m0/s1. The van der Waals surface area contributed by atoms with Crippen LogP contribution in [0.2, 0.25) is 0 Å². The molecule has 1 amide bonds. The highest BCUT2D eigenvalue weighted by atomic mass is 16.3. The van der Waals surface area contributed by atoms with Gasteiger partial charge in [-0.2, -0.15) is 0 Å². The van der Waals surface area contributed by atoms with Gasteiger partial charge >= 0.3 is 0 Å². The van der Waals surface area contributed by atoms with Crippen LogP contribution in [0.15, 0.2) is 6.33 Å². The van der Waals surface area contributed by atoms with Crippen molar-refractivity contribution in [2.45, 2.75) is 103 Å². The number of nitrogens with one attached hydrogen (secondary N) is 2. The summed E-state index contributed by atoms with van der Waals surface area (Å²) in [5.41, 5.74) is 1.15. The van der Waals surface area contributed by atoms with Crippen LogP contribution >= 0.6 is 0 Å². The smallest absolute Gasteiger partial charge is 0.220 e. The highest BCUT2D eigenvalue weighted by Crippen LogP contribution is 2.34. The summed E-state index contributed by atoms with van der Waals surface area (Å²) in [5.74, 6) is 7.07. The van der Waals surface area contributed by atoms with Crippen LogP contribution in [0.1, 0.15) is 84.5 Å². The molecule has 33 heavy (non-hydrogen) atoms. The molecule has 2 aromatic rings. The summed E-state index contributed by atoms with van der Waals surface area (Å²) >= 11 is 0. The maximum Gasteiger partial charge on any atom is 0.220 e. The number of amides is 1. The summed E-state index contributed by atoms with van der Waals surface area (Å²) < 4.78 is 1.78. The van der Waals surface area contributed by atoms with Crippen LogP contribution in [-0.4, -0.2) is 59.9 Å². The molecule has 0 bridgehead atoms. The second kappa shape index (κ2) is 11.4. The van der Waals surface area contributed by atoms with Crippen molar-refractivity contribution in [3.8, 4) is 11.8 Å². The first-order valence-corrected chi connectivity index (χ1v) is 12.1. The molecule has 1 aliphatic rings. The predicted molar refractivity (Wildman–Crippen MR) is 128 cm³/mol. The second-order valence-electron chi connectivity index (χ2n) is 8.59.